The van der Waals surface area contributed by atoms with Crippen molar-refractivity contribution in [3.8, 4) is 5.69 Å². The van der Waals surface area contributed by atoms with Crippen LogP contribution in [0.1, 0.15) is 58.4 Å². The number of fused-ring (bicyclic) bond motifs is 2. The highest BCUT2D eigenvalue weighted by Gasteiger charge is 2.38. The van der Waals surface area contributed by atoms with Gasteiger partial charge in [-0.15, -0.1) is 0 Å². The van der Waals surface area contributed by atoms with Crippen LogP contribution >= 0.6 is 0 Å². The Morgan fingerprint density at radius 1 is 1.08 bits per heavy atom. The first-order chi connectivity index (χ1) is 18.0. The highest BCUT2D eigenvalue weighted by atomic mass is 19.4. The third kappa shape index (κ3) is 4.11. The van der Waals surface area contributed by atoms with Crippen molar-refractivity contribution in [2.75, 3.05) is 18.6 Å². The van der Waals surface area contributed by atoms with E-state index in [1.807, 2.05) is 0 Å². The maximum Gasteiger partial charge on any atom is 0.416 e. The normalized spacial score (nSPS) is 16.8. The molecule has 0 spiro atoms. The van der Waals surface area contributed by atoms with Gasteiger partial charge in [0.05, 0.1) is 23.9 Å². The molecule has 8 nitrogen and oxygen atoms in total. The molecule has 38 heavy (non-hydrogen) atoms. The second-order valence-corrected chi connectivity index (χ2v) is 9.28. The summed E-state index contributed by atoms with van der Waals surface area (Å²) in [4.78, 5) is 53.6. The summed E-state index contributed by atoms with van der Waals surface area (Å²) < 4.78 is 48.0. The van der Waals surface area contributed by atoms with Crippen LogP contribution in [-0.4, -0.2) is 34.7 Å². The number of halogens is 3. The molecule has 0 unspecified atom stereocenters. The Hall–Kier alpha value is -4.15. The van der Waals surface area contributed by atoms with Crippen molar-refractivity contribution in [2.45, 2.75) is 44.8 Å². The van der Waals surface area contributed by atoms with E-state index >= 15 is 0 Å². The van der Waals surface area contributed by atoms with Crippen LogP contribution in [0.4, 0.5) is 18.9 Å². The van der Waals surface area contributed by atoms with Crippen LogP contribution in [0, 0.1) is 0 Å². The summed E-state index contributed by atoms with van der Waals surface area (Å²) in [6.07, 6.45) is -2.64. The lowest BCUT2D eigenvalue weighted by Gasteiger charge is -2.26. The SMILES string of the molecule is CCOC(=O)c1cn(-c2ccc3c(c2)CCC(=O)N3C)c(=O)n([C@@H]2CCc3c2cccc3C(F)(F)F)c1=O. The molecule has 1 aliphatic carbocycles. The molecule has 0 saturated heterocycles. The van der Waals surface area contributed by atoms with Gasteiger partial charge in [0, 0.05) is 25.4 Å². The molecular formula is C27H24F3N3O5. The van der Waals surface area contributed by atoms with E-state index in [4.69, 9.17) is 4.74 Å². The van der Waals surface area contributed by atoms with E-state index < -0.39 is 40.6 Å². The number of carbonyl (C=O) groups excluding carboxylic acids is 2. The first-order valence-corrected chi connectivity index (χ1v) is 12.2. The minimum atomic E-state index is -4.59. The van der Waals surface area contributed by atoms with Crippen LogP contribution in [0.3, 0.4) is 0 Å². The molecule has 1 aliphatic heterocycles. The van der Waals surface area contributed by atoms with Crippen LogP contribution in [-0.2, 0) is 28.5 Å². The van der Waals surface area contributed by atoms with E-state index in [9.17, 15) is 32.3 Å². The van der Waals surface area contributed by atoms with E-state index in [1.165, 1.54) is 17.0 Å². The van der Waals surface area contributed by atoms with Crippen molar-refractivity contribution in [1.82, 2.24) is 9.13 Å². The van der Waals surface area contributed by atoms with Crippen molar-refractivity contribution in [3.05, 3.63) is 91.3 Å². The molecule has 0 radical (unpaired) electrons. The standard InChI is InChI=1S/C27H24F3N3O5/c1-3-38-25(36)19-14-32(16-8-10-21-15(13-16)7-12-23(34)31(21)2)26(37)33(24(19)35)22-11-9-17-18(22)5-4-6-20(17)27(28,29)30/h4-6,8,10,13-14,22H,3,7,9,11-12H2,1-2H3/t22-/m1/s1. The first kappa shape index (κ1) is 25.5. The summed E-state index contributed by atoms with van der Waals surface area (Å²) in [5.41, 5.74) is -0.852. The predicted molar refractivity (Wildman–Crippen MR) is 132 cm³/mol. The molecule has 0 saturated carbocycles. The number of hydrogen-bond donors (Lipinski definition) is 0. The summed E-state index contributed by atoms with van der Waals surface area (Å²) in [5.74, 6) is -0.982. The number of benzene rings is 2. The molecule has 2 aromatic carbocycles. The second-order valence-electron chi connectivity index (χ2n) is 9.28. The fraction of sp³-hybridized carbons (Fsp3) is 0.333. The van der Waals surface area contributed by atoms with Crippen molar-refractivity contribution in [1.29, 1.82) is 0 Å². The number of aryl methyl sites for hydroxylation is 1. The van der Waals surface area contributed by atoms with Gasteiger partial charge in [-0.05, 0) is 67.1 Å². The van der Waals surface area contributed by atoms with E-state index in [0.29, 0.717) is 17.8 Å². The monoisotopic (exact) mass is 527 g/mol. The Kier molecular flexibility index (Phi) is 6.24. The second kappa shape index (κ2) is 9.30. The molecule has 0 fully saturated rings. The molecule has 3 aromatic rings. The Morgan fingerprint density at radius 2 is 1.84 bits per heavy atom. The lowest BCUT2D eigenvalue weighted by molar-refractivity contribution is -0.138. The van der Waals surface area contributed by atoms with Crippen molar-refractivity contribution < 1.29 is 27.5 Å². The molecule has 0 N–H and O–H groups in total. The van der Waals surface area contributed by atoms with Gasteiger partial charge in [-0.3, -0.25) is 18.7 Å². The number of ether oxygens (including phenoxy) is 1. The van der Waals surface area contributed by atoms with Crippen LogP contribution in [0.5, 0.6) is 0 Å². The molecule has 0 bridgehead atoms. The lowest BCUT2D eigenvalue weighted by Crippen LogP contribution is -2.44. The number of carbonyl (C=O) groups is 2. The molecule has 1 atom stereocenters. The van der Waals surface area contributed by atoms with Gasteiger partial charge < -0.3 is 9.64 Å². The van der Waals surface area contributed by atoms with Gasteiger partial charge in [0.1, 0.15) is 5.56 Å². The highest BCUT2D eigenvalue weighted by Crippen LogP contribution is 2.41. The average molecular weight is 527 g/mol. The van der Waals surface area contributed by atoms with Gasteiger partial charge in [-0.1, -0.05) is 12.1 Å². The third-order valence-electron chi connectivity index (χ3n) is 7.16. The zero-order valence-electron chi connectivity index (χ0n) is 20.7. The number of rotatable bonds is 4. The minimum Gasteiger partial charge on any atom is -0.462 e. The quantitative estimate of drug-likeness (QED) is 0.484. The summed E-state index contributed by atoms with van der Waals surface area (Å²) in [6.45, 7) is 1.55. The van der Waals surface area contributed by atoms with Gasteiger partial charge in [0.15, 0.2) is 0 Å². The lowest BCUT2D eigenvalue weighted by atomic mass is 10.0. The number of amides is 1. The Balaban J connectivity index is 1.72. The molecular weight excluding hydrogens is 503 g/mol. The number of hydrogen-bond acceptors (Lipinski definition) is 5. The first-order valence-electron chi connectivity index (χ1n) is 12.2. The summed E-state index contributed by atoms with van der Waals surface area (Å²) in [6, 6.07) is 7.67. The van der Waals surface area contributed by atoms with Crippen molar-refractivity contribution in [2.24, 2.45) is 0 Å². The summed E-state index contributed by atoms with van der Waals surface area (Å²) >= 11 is 0. The number of anilines is 1. The molecule has 2 aliphatic rings. The molecule has 5 rings (SSSR count). The van der Waals surface area contributed by atoms with E-state index in [-0.39, 0.29) is 42.9 Å². The van der Waals surface area contributed by atoms with E-state index in [2.05, 4.69) is 0 Å². The Labute approximate surface area is 214 Å². The van der Waals surface area contributed by atoms with Gasteiger partial charge >= 0.3 is 17.8 Å². The maximum absolute atomic E-state index is 13.8. The van der Waals surface area contributed by atoms with Crippen LogP contribution in [0.15, 0.2) is 52.2 Å². The zero-order chi connectivity index (χ0) is 27.4. The minimum absolute atomic E-state index is 0.0161. The average Bonchev–Trinajstić information content (AvgIpc) is 3.29. The zero-order valence-corrected chi connectivity index (χ0v) is 20.7. The summed E-state index contributed by atoms with van der Waals surface area (Å²) in [5, 5.41) is 0. The van der Waals surface area contributed by atoms with E-state index in [0.717, 1.165) is 27.0 Å². The smallest absolute Gasteiger partial charge is 0.416 e. The van der Waals surface area contributed by atoms with Gasteiger partial charge in [0.25, 0.3) is 5.56 Å². The molecule has 198 valence electrons. The van der Waals surface area contributed by atoms with Crippen LogP contribution in [0.2, 0.25) is 0 Å². The fourth-order valence-electron chi connectivity index (χ4n) is 5.34. The molecule has 1 amide bonds. The van der Waals surface area contributed by atoms with Gasteiger partial charge in [-0.25, -0.2) is 9.59 Å². The van der Waals surface area contributed by atoms with Crippen LogP contribution in [0.25, 0.3) is 5.69 Å². The van der Waals surface area contributed by atoms with Crippen molar-refractivity contribution in [3.63, 3.8) is 0 Å². The number of esters is 1. The largest absolute Gasteiger partial charge is 0.462 e. The third-order valence-corrected chi connectivity index (χ3v) is 7.16. The van der Waals surface area contributed by atoms with E-state index in [1.54, 1.807) is 32.2 Å². The van der Waals surface area contributed by atoms with Gasteiger partial charge in [0.2, 0.25) is 5.91 Å². The topological polar surface area (TPSA) is 90.6 Å². The maximum atomic E-state index is 13.8. The molecule has 2 heterocycles. The van der Waals surface area contributed by atoms with Gasteiger partial charge in [-0.2, -0.15) is 13.2 Å². The Morgan fingerprint density at radius 3 is 2.55 bits per heavy atom. The number of alkyl halides is 3. The van der Waals surface area contributed by atoms with Crippen molar-refractivity contribution >= 4 is 17.6 Å². The Bertz CT molecular complexity index is 1590. The number of aromatic nitrogens is 2. The predicted octanol–water partition coefficient (Wildman–Crippen LogP) is 3.64. The van der Waals surface area contributed by atoms with Crippen LogP contribution < -0.4 is 16.1 Å². The molecule has 1 aromatic heterocycles. The fourth-order valence-corrected chi connectivity index (χ4v) is 5.34. The summed E-state index contributed by atoms with van der Waals surface area (Å²) in [7, 11) is 1.65. The number of nitrogens with zero attached hydrogens (tertiary/aromatic N) is 3. The molecule has 11 heteroatoms. The highest BCUT2D eigenvalue weighted by molar-refractivity contribution is 5.96.